The van der Waals surface area contributed by atoms with E-state index in [9.17, 15) is 0 Å². The van der Waals surface area contributed by atoms with Gasteiger partial charge >= 0.3 is 0 Å². The summed E-state index contributed by atoms with van der Waals surface area (Å²) in [6, 6.07) is 6.17. The Morgan fingerprint density at radius 2 is 2.43 bits per heavy atom. The monoisotopic (exact) mass is 253 g/mol. The van der Waals surface area contributed by atoms with Crippen molar-refractivity contribution in [1.82, 2.24) is 0 Å². The molecule has 14 heavy (non-hydrogen) atoms. The molecule has 2 nitrogen and oxygen atoms in total. The molecule has 0 fully saturated rings. The molecule has 3 heteroatoms. The van der Waals surface area contributed by atoms with Crippen LogP contribution in [0, 0.1) is 0 Å². The fourth-order valence-electron chi connectivity index (χ4n) is 1.41. The van der Waals surface area contributed by atoms with Gasteiger partial charge in [0.25, 0.3) is 0 Å². The van der Waals surface area contributed by atoms with Crippen molar-refractivity contribution < 1.29 is 4.74 Å². The minimum atomic E-state index is 0.219. The minimum absolute atomic E-state index is 0.219. The summed E-state index contributed by atoms with van der Waals surface area (Å²) in [6.45, 7) is 6.58. The Hall–Kier alpha value is -0.960. The number of fused-ring (bicyclic) bond motifs is 1. The first kappa shape index (κ1) is 9.59. The summed E-state index contributed by atoms with van der Waals surface area (Å²) in [5.41, 5.74) is 2.12. The summed E-state index contributed by atoms with van der Waals surface area (Å²) in [5, 5.41) is 3.38. The SMILES string of the molecule is C=C(C)[C@H]1COc2ccc(Br)cc2N1. The highest BCUT2D eigenvalue weighted by Gasteiger charge is 2.18. The number of halogens is 1. The fraction of sp³-hybridized carbons (Fsp3) is 0.273. The third kappa shape index (κ3) is 1.77. The molecule has 0 radical (unpaired) electrons. The van der Waals surface area contributed by atoms with E-state index in [-0.39, 0.29) is 6.04 Å². The van der Waals surface area contributed by atoms with E-state index in [1.54, 1.807) is 0 Å². The molecule has 1 atom stereocenters. The lowest BCUT2D eigenvalue weighted by Gasteiger charge is -2.27. The van der Waals surface area contributed by atoms with E-state index in [4.69, 9.17) is 4.74 Å². The molecule has 0 bridgehead atoms. The lowest BCUT2D eigenvalue weighted by molar-refractivity contribution is 0.297. The Balaban J connectivity index is 2.29. The number of nitrogens with one attached hydrogen (secondary N) is 1. The second-order valence-electron chi connectivity index (χ2n) is 3.49. The van der Waals surface area contributed by atoms with Crippen LogP contribution in [0.4, 0.5) is 5.69 Å². The first-order chi connectivity index (χ1) is 6.66. The second kappa shape index (κ2) is 3.65. The van der Waals surface area contributed by atoms with E-state index < -0.39 is 0 Å². The Labute approximate surface area is 92.1 Å². The summed E-state index contributed by atoms with van der Waals surface area (Å²) in [5.74, 6) is 0.908. The van der Waals surface area contributed by atoms with E-state index in [0.29, 0.717) is 6.61 Å². The Morgan fingerprint density at radius 3 is 3.14 bits per heavy atom. The number of rotatable bonds is 1. The molecular formula is C11H12BrNO. The molecule has 0 saturated heterocycles. The molecule has 1 heterocycles. The number of ether oxygens (including phenoxy) is 1. The Morgan fingerprint density at radius 1 is 1.64 bits per heavy atom. The molecule has 1 aliphatic rings. The predicted octanol–water partition coefficient (Wildman–Crippen LogP) is 3.20. The van der Waals surface area contributed by atoms with Crippen molar-refractivity contribution in [1.29, 1.82) is 0 Å². The average molecular weight is 254 g/mol. The van der Waals surface area contributed by atoms with E-state index in [0.717, 1.165) is 21.5 Å². The molecule has 0 aromatic heterocycles. The summed E-state index contributed by atoms with van der Waals surface area (Å²) >= 11 is 3.43. The van der Waals surface area contributed by atoms with E-state index in [2.05, 4.69) is 27.8 Å². The number of hydrogen-bond acceptors (Lipinski definition) is 2. The number of hydrogen-bond donors (Lipinski definition) is 1. The third-order valence-corrected chi connectivity index (χ3v) is 2.76. The molecule has 0 spiro atoms. The van der Waals surface area contributed by atoms with Crippen LogP contribution in [0.1, 0.15) is 6.92 Å². The van der Waals surface area contributed by atoms with Gasteiger partial charge in [-0.1, -0.05) is 28.1 Å². The van der Waals surface area contributed by atoms with Crippen molar-refractivity contribution >= 4 is 21.6 Å². The van der Waals surface area contributed by atoms with Gasteiger partial charge in [0.05, 0.1) is 11.7 Å². The van der Waals surface area contributed by atoms with Crippen LogP contribution in [-0.2, 0) is 0 Å². The van der Waals surface area contributed by atoms with Gasteiger partial charge in [0.2, 0.25) is 0 Å². The Kier molecular flexibility index (Phi) is 2.50. The summed E-state index contributed by atoms with van der Waals surface area (Å²) in [6.07, 6.45) is 0. The predicted molar refractivity (Wildman–Crippen MR) is 61.9 cm³/mol. The topological polar surface area (TPSA) is 21.3 Å². The lowest BCUT2D eigenvalue weighted by atomic mass is 10.1. The minimum Gasteiger partial charge on any atom is -0.489 e. The normalized spacial score (nSPS) is 19.1. The van der Waals surface area contributed by atoms with E-state index >= 15 is 0 Å². The van der Waals surface area contributed by atoms with Gasteiger partial charge in [-0.25, -0.2) is 0 Å². The molecule has 0 aliphatic carbocycles. The van der Waals surface area contributed by atoms with Gasteiger partial charge in [0.15, 0.2) is 0 Å². The molecular weight excluding hydrogens is 242 g/mol. The lowest BCUT2D eigenvalue weighted by Crippen LogP contribution is -2.31. The largest absolute Gasteiger partial charge is 0.489 e. The third-order valence-electron chi connectivity index (χ3n) is 2.27. The van der Waals surface area contributed by atoms with Gasteiger partial charge in [0.1, 0.15) is 12.4 Å². The maximum Gasteiger partial charge on any atom is 0.142 e. The molecule has 1 aliphatic heterocycles. The zero-order chi connectivity index (χ0) is 10.1. The average Bonchev–Trinajstić information content (AvgIpc) is 2.16. The summed E-state index contributed by atoms with van der Waals surface area (Å²) in [7, 11) is 0. The second-order valence-corrected chi connectivity index (χ2v) is 4.41. The number of anilines is 1. The van der Waals surface area contributed by atoms with Crippen molar-refractivity contribution in [2.75, 3.05) is 11.9 Å². The van der Waals surface area contributed by atoms with Crippen LogP contribution in [0.3, 0.4) is 0 Å². The maximum absolute atomic E-state index is 5.61. The molecule has 74 valence electrons. The van der Waals surface area contributed by atoms with Crippen molar-refractivity contribution in [2.24, 2.45) is 0 Å². The first-order valence-electron chi connectivity index (χ1n) is 4.51. The smallest absolute Gasteiger partial charge is 0.142 e. The van der Waals surface area contributed by atoms with Gasteiger partial charge < -0.3 is 10.1 Å². The zero-order valence-corrected chi connectivity index (χ0v) is 9.60. The van der Waals surface area contributed by atoms with Crippen LogP contribution in [0.15, 0.2) is 34.8 Å². The van der Waals surface area contributed by atoms with Crippen molar-refractivity contribution in [2.45, 2.75) is 13.0 Å². The maximum atomic E-state index is 5.61. The molecule has 0 unspecified atom stereocenters. The van der Waals surface area contributed by atoms with Crippen LogP contribution in [-0.4, -0.2) is 12.6 Å². The van der Waals surface area contributed by atoms with Crippen LogP contribution < -0.4 is 10.1 Å². The first-order valence-corrected chi connectivity index (χ1v) is 5.30. The molecule has 1 aromatic rings. The highest BCUT2D eigenvalue weighted by Crippen LogP contribution is 2.32. The van der Waals surface area contributed by atoms with Crippen LogP contribution in [0.25, 0.3) is 0 Å². The summed E-state index contributed by atoms with van der Waals surface area (Å²) < 4.78 is 6.66. The van der Waals surface area contributed by atoms with Gasteiger partial charge in [-0.2, -0.15) is 0 Å². The molecule has 1 aromatic carbocycles. The van der Waals surface area contributed by atoms with Crippen molar-refractivity contribution in [3.8, 4) is 5.75 Å². The van der Waals surface area contributed by atoms with E-state index in [1.807, 2.05) is 25.1 Å². The molecule has 0 amide bonds. The highest BCUT2D eigenvalue weighted by atomic mass is 79.9. The van der Waals surface area contributed by atoms with Gasteiger partial charge in [-0.15, -0.1) is 0 Å². The van der Waals surface area contributed by atoms with E-state index in [1.165, 1.54) is 0 Å². The zero-order valence-electron chi connectivity index (χ0n) is 8.01. The summed E-state index contributed by atoms with van der Waals surface area (Å²) in [4.78, 5) is 0. The molecule has 1 N–H and O–H groups in total. The number of benzene rings is 1. The van der Waals surface area contributed by atoms with Gasteiger partial charge in [0, 0.05) is 4.47 Å². The standard InChI is InChI=1S/C11H12BrNO/c1-7(2)10-6-14-11-4-3-8(12)5-9(11)13-10/h3-5,10,13H,1,6H2,2H3/t10-/m1/s1. The van der Waals surface area contributed by atoms with Crippen molar-refractivity contribution in [3.05, 3.63) is 34.8 Å². The Bertz CT molecular complexity index is 376. The fourth-order valence-corrected chi connectivity index (χ4v) is 1.77. The molecule has 0 saturated carbocycles. The van der Waals surface area contributed by atoms with Gasteiger partial charge in [-0.05, 0) is 25.1 Å². The van der Waals surface area contributed by atoms with Gasteiger partial charge in [-0.3, -0.25) is 0 Å². The quantitative estimate of drug-likeness (QED) is 0.777. The van der Waals surface area contributed by atoms with Crippen LogP contribution >= 0.6 is 15.9 Å². The van der Waals surface area contributed by atoms with Crippen LogP contribution in [0.2, 0.25) is 0 Å². The van der Waals surface area contributed by atoms with Crippen molar-refractivity contribution in [3.63, 3.8) is 0 Å². The van der Waals surface area contributed by atoms with Crippen LogP contribution in [0.5, 0.6) is 5.75 Å². The molecule has 2 rings (SSSR count). The highest BCUT2D eigenvalue weighted by molar-refractivity contribution is 9.10.